The van der Waals surface area contributed by atoms with Gasteiger partial charge in [-0.1, -0.05) is 0 Å². The predicted molar refractivity (Wildman–Crippen MR) is 69.9 cm³/mol. The lowest BCUT2D eigenvalue weighted by molar-refractivity contribution is -0.466. The summed E-state index contributed by atoms with van der Waals surface area (Å²) in [6.07, 6.45) is 1.53. The van der Waals surface area contributed by atoms with Crippen LogP contribution in [0.25, 0.3) is 11.0 Å². The van der Waals surface area contributed by atoms with E-state index in [4.69, 9.17) is 11.5 Å². The molecule has 0 aliphatic heterocycles. The number of hydrogen-bond donors (Lipinski definition) is 5. The van der Waals surface area contributed by atoms with Gasteiger partial charge in [0.05, 0.1) is 11.6 Å². The number of anilines is 2. The second-order valence-corrected chi connectivity index (χ2v) is 3.76. The van der Waals surface area contributed by atoms with E-state index in [2.05, 4.69) is 30.5 Å². The van der Waals surface area contributed by atoms with Crippen molar-refractivity contribution in [2.75, 3.05) is 17.6 Å². The number of alkyl halides is 2. The van der Waals surface area contributed by atoms with Gasteiger partial charge in [-0.05, 0) is 0 Å². The summed E-state index contributed by atoms with van der Waals surface area (Å²) in [5.74, 6) is 0.411. The van der Waals surface area contributed by atoms with Crippen LogP contribution in [-0.4, -0.2) is 39.4 Å². The molecule has 0 unspecified atom stereocenters. The third-order valence-electron chi connectivity index (χ3n) is 2.30. The Labute approximate surface area is 112 Å². The van der Waals surface area contributed by atoms with Crippen LogP contribution in [0.15, 0.2) is 18.1 Å². The number of rotatable bonds is 5. The number of fused-ring (bicyclic) bond motifs is 1. The third kappa shape index (κ3) is 3.16. The monoisotopic (exact) mass is 283 g/mol. The highest BCUT2D eigenvalue weighted by molar-refractivity contribution is 5.86. The molecular weight excluding hydrogens is 270 g/mol. The summed E-state index contributed by atoms with van der Waals surface area (Å²) in [7, 11) is 0. The van der Waals surface area contributed by atoms with Crippen molar-refractivity contribution in [1.82, 2.24) is 20.2 Å². The molecule has 8 nitrogen and oxygen atoms in total. The molecule has 0 aromatic carbocycles. The smallest absolute Gasteiger partial charge is 0.295 e. The molecule has 0 amide bonds. The fraction of sp³-hybridized carbons (Fsp3) is 0.200. The summed E-state index contributed by atoms with van der Waals surface area (Å²) in [4.78, 5) is 10.5. The molecule has 0 aliphatic rings. The number of aromatic amines is 1. The van der Waals surface area contributed by atoms with Gasteiger partial charge in [-0.2, -0.15) is 15.1 Å². The molecule has 0 bridgehead atoms. The van der Waals surface area contributed by atoms with E-state index in [9.17, 15) is 8.78 Å². The average molecular weight is 283 g/mol. The van der Waals surface area contributed by atoms with Gasteiger partial charge in [-0.15, -0.1) is 0 Å². The van der Waals surface area contributed by atoms with Crippen LogP contribution >= 0.6 is 0 Å². The van der Waals surface area contributed by atoms with E-state index >= 15 is 0 Å². The SMILES string of the molecule is NC=C(C=[NH+]CC(F)F)Nc1nc(N)c2cn[nH]c2n1. The molecule has 0 aliphatic carbocycles. The number of hydrogen-bond acceptors (Lipinski definition) is 6. The molecule has 106 valence electrons. The number of nitrogens with one attached hydrogen (secondary N) is 3. The zero-order valence-corrected chi connectivity index (χ0v) is 10.3. The molecule has 10 heteroatoms. The Morgan fingerprint density at radius 2 is 2.30 bits per heavy atom. The van der Waals surface area contributed by atoms with Gasteiger partial charge in [0.2, 0.25) is 12.5 Å². The van der Waals surface area contributed by atoms with Crippen LogP contribution in [0, 0.1) is 0 Å². The predicted octanol–water partition coefficient (Wildman–Crippen LogP) is -1.44. The standard InChI is InChI=1S/C10H12F2N8/c11-7(12)4-15-2-5(1-13)17-10-18-8(14)6-3-16-20-9(6)19-10/h1-3,7H,4,13H2,(H4,14,16,17,18,19,20)/p+1. The van der Waals surface area contributed by atoms with E-state index in [1.165, 1.54) is 18.6 Å². The molecule has 2 aromatic rings. The maximum atomic E-state index is 12.0. The molecule has 2 heterocycles. The lowest BCUT2D eigenvalue weighted by atomic mass is 10.4. The molecule has 0 fully saturated rings. The minimum atomic E-state index is -2.46. The van der Waals surface area contributed by atoms with E-state index in [1.54, 1.807) is 0 Å². The topological polar surface area (TPSA) is 132 Å². The molecule has 0 atom stereocenters. The van der Waals surface area contributed by atoms with Crippen molar-refractivity contribution in [2.24, 2.45) is 5.73 Å². The second-order valence-electron chi connectivity index (χ2n) is 3.76. The molecule has 0 spiro atoms. The Morgan fingerprint density at radius 3 is 3.00 bits per heavy atom. The normalized spacial score (nSPS) is 12.7. The fourth-order valence-electron chi connectivity index (χ4n) is 1.43. The summed E-state index contributed by atoms with van der Waals surface area (Å²) in [6.45, 7) is -0.485. The number of halogens is 2. The van der Waals surface area contributed by atoms with Gasteiger partial charge >= 0.3 is 0 Å². The highest BCUT2D eigenvalue weighted by Gasteiger charge is 2.09. The Hall–Kier alpha value is -2.78. The summed E-state index contributed by atoms with van der Waals surface area (Å²) < 4.78 is 24.0. The van der Waals surface area contributed by atoms with Crippen LogP contribution in [0.1, 0.15) is 0 Å². The van der Waals surface area contributed by atoms with E-state index in [0.29, 0.717) is 16.7 Å². The summed E-state index contributed by atoms with van der Waals surface area (Å²) in [5.41, 5.74) is 11.9. The molecule has 0 saturated heterocycles. The van der Waals surface area contributed by atoms with E-state index < -0.39 is 13.0 Å². The maximum absolute atomic E-state index is 12.0. The van der Waals surface area contributed by atoms with Crippen LogP contribution < -0.4 is 21.8 Å². The molecular formula is C10H13F2N8+. The number of nitrogens with two attached hydrogens (primary N) is 2. The Kier molecular flexibility index (Phi) is 4.03. The molecule has 7 N–H and O–H groups in total. The number of aromatic nitrogens is 4. The zero-order valence-electron chi connectivity index (χ0n) is 10.3. The number of nitrogens with zero attached hydrogens (tertiary/aromatic N) is 3. The first kappa shape index (κ1) is 13.6. The summed E-state index contributed by atoms with van der Waals surface area (Å²) in [5, 5.41) is 9.79. The number of H-pyrrole nitrogens is 1. The van der Waals surface area contributed by atoms with Crippen LogP contribution in [0.2, 0.25) is 0 Å². The van der Waals surface area contributed by atoms with Gasteiger partial charge in [0, 0.05) is 6.20 Å². The first-order valence-corrected chi connectivity index (χ1v) is 5.60. The Morgan fingerprint density at radius 1 is 1.50 bits per heavy atom. The van der Waals surface area contributed by atoms with Gasteiger partial charge < -0.3 is 16.8 Å². The summed E-state index contributed by atoms with van der Waals surface area (Å²) >= 11 is 0. The molecule has 20 heavy (non-hydrogen) atoms. The molecule has 0 saturated carbocycles. The van der Waals surface area contributed by atoms with Gasteiger partial charge in [0.15, 0.2) is 11.9 Å². The van der Waals surface area contributed by atoms with Gasteiger partial charge in [0.1, 0.15) is 11.5 Å². The van der Waals surface area contributed by atoms with Crippen molar-refractivity contribution in [2.45, 2.75) is 6.43 Å². The molecule has 0 radical (unpaired) electrons. The van der Waals surface area contributed by atoms with Crippen molar-refractivity contribution in [3.63, 3.8) is 0 Å². The molecule has 2 aromatic heterocycles. The van der Waals surface area contributed by atoms with Crippen LogP contribution in [0.5, 0.6) is 0 Å². The third-order valence-corrected chi connectivity index (χ3v) is 2.30. The van der Waals surface area contributed by atoms with Gasteiger partial charge in [0.25, 0.3) is 6.43 Å². The van der Waals surface area contributed by atoms with Gasteiger partial charge in [-0.3, -0.25) is 5.10 Å². The minimum absolute atomic E-state index is 0.172. The van der Waals surface area contributed by atoms with Crippen molar-refractivity contribution >= 4 is 29.0 Å². The zero-order chi connectivity index (χ0) is 14.5. The first-order chi connectivity index (χ1) is 9.60. The first-order valence-electron chi connectivity index (χ1n) is 5.60. The van der Waals surface area contributed by atoms with Crippen molar-refractivity contribution in [3.8, 4) is 0 Å². The summed E-state index contributed by atoms with van der Waals surface area (Å²) in [6, 6.07) is 0. The van der Waals surface area contributed by atoms with E-state index in [-0.39, 0.29) is 11.8 Å². The lowest BCUT2D eigenvalue weighted by Gasteiger charge is -2.03. The molecule has 2 rings (SSSR count). The fourth-order valence-corrected chi connectivity index (χ4v) is 1.43. The maximum Gasteiger partial charge on any atom is 0.295 e. The Balaban J connectivity index is 2.15. The largest absolute Gasteiger partial charge is 0.403 e. The lowest BCUT2D eigenvalue weighted by Crippen LogP contribution is -2.71. The van der Waals surface area contributed by atoms with Crippen molar-refractivity contribution in [1.29, 1.82) is 0 Å². The quantitative estimate of drug-likeness (QED) is 0.427. The number of nitrogen functional groups attached to an aromatic ring is 1. The van der Waals surface area contributed by atoms with Crippen LogP contribution in [-0.2, 0) is 0 Å². The van der Waals surface area contributed by atoms with Crippen LogP contribution in [0.3, 0.4) is 0 Å². The highest BCUT2D eigenvalue weighted by Crippen LogP contribution is 2.16. The Bertz CT molecular complexity index is 648. The highest BCUT2D eigenvalue weighted by atomic mass is 19.3. The van der Waals surface area contributed by atoms with Gasteiger partial charge in [-0.25, -0.2) is 13.8 Å². The second kappa shape index (κ2) is 5.91. The number of allylic oxidation sites excluding steroid dienone is 1. The van der Waals surface area contributed by atoms with Crippen molar-refractivity contribution in [3.05, 3.63) is 18.1 Å². The van der Waals surface area contributed by atoms with Crippen LogP contribution in [0.4, 0.5) is 20.5 Å². The van der Waals surface area contributed by atoms with E-state index in [0.717, 1.165) is 0 Å². The van der Waals surface area contributed by atoms with E-state index in [1.807, 2.05) is 0 Å². The van der Waals surface area contributed by atoms with Crippen molar-refractivity contribution < 1.29 is 13.8 Å². The minimum Gasteiger partial charge on any atom is -0.403 e. The average Bonchev–Trinajstić information content (AvgIpc) is 2.86.